The Hall–Kier alpha value is -2.64. The van der Waals surface area contributed by atoms with Crippen molar-refractivity contribution in [1.82, 2.24) is 5.32 Å². The predicted molar refractivity (Wildman–Crippen MR) is 143 cm³/mol. The molecule has 36 heavy (non-hydrogen) atoms. The number of esters is 1. The number of alkyl halides is 2. The third-order valence-corrected chi connectivity index (χ3v) is 6.56. The minimum atomic E-state index is -0.910. The lowest BCUT2D eigenvalue weighted by Crippen LogP contribution is -2.44. The minimum Gasteiger partial charge on any atom is -0.467 e. The number of nitrogens with zero attached hydrogens (tertiary/aromatic N) is 1. The molecule has 2 rings (SSSR count). The number of carbonyl (C=O) groups is 4. The van der Waals surface area contributed by atoms with Crippen LogP contribution in [-0.2, 0) is 30.3 Å². The van der Waals surface area contributed by atoms with Gasteiger partial charge in [-0.1, -0.05) is 26.0 Å². The Morgan fingerprint density at radius 1 is 1.06 bits per heavy atom. The lowest BCUT2D eigenvalue weighted by Gasteiger charge is -2.30. The van der Waals surface area contributed by atoms with Crippen molar-refractivity contribution in [2.45, 2.75) is 46.6 Å². The Morgan fingerprint density at radius 2 is 1.64 bits per heavy atom. The van der Waals surface area contributed by atoms with Gasteiger partial charge in [0.2, 0.25) is 5.91 Å². The Morgan fingerprint density at radius 3 is 2.17 bits per heavy atom. The number of halogens is 2. The lowest BCUT2D eigenvalue weighted by molar-refractivity contribution is -0.145. The lowest BCUT2D eigenvalue weighted by atomic mass is 9.73. The van der Waals surface area contributed by atoms with Gasteiger partial charge >= 0.3 is 5.97 Å². The zero-order valence-electron chi connectivity index (χ0n) is 21.5. The van der Waals surface area contributed by atoms with Gasteiger partial charge in [0.15, 0.2) is 11.6 Å². The van der Waals surface area contributed by atoms with Gasteiger partial charge in [0.1, 0.15) is 6.04 Å². The van der Waals surface area contributed by atoms with Crippen LogP contribution in [0, 0.1) is 5.41 Å². The summed E-state index contributed by atoms with van der Waals surface area (Å²) >= 11 is 11.8. The number of rotatable bonds is 12. The van der Waals surface area contributed by atoms with Crippen molar-refractivity contribution < 1.29 is 23.9 Å². The summed E-state index contributed by atoms with van der Waals surface area (Å²) in [6, 6.07) is 6.69. The van der Waals surface area contributed by atoms with E-state index in [-0.39, 0.29) is 24.4 Å². The molecule has 0 radical (unpaired) electrons. The van der Waals surface area contributed by atoms with Crippen LogP contribution in [0.1, 0.15) is 39.7 Å². The topological polar surface area (TPSA) is 92.8 Å². The normalized spacial score (nSPS) is 14.9. The van der Waals surface area contributed by atoms with Gasteiger partial charge in [-0.15, -0.1) is 23.2 Å². The van der Waals surface area contributed by atoms with Gasteiger partial charge in [0, 0.05) is 65.5 Å². The fraction of sp³-hybridized carbons (Fsp3) is 0.481. The monoisotopic (exact) mass is 536 g/mol. The number of nitrogens with one attached hydrogen (secondary N) is 1. The number of ether oxygens (including phenoxy) is 1. The highest BCUT2D eigenvalue weighted by atomic mass is 35.5. The van der Waals surface area contributed by atoms with Crippen molar-refractivity contribution >= 4 is 52.3 Å². The van der Waals surface area contributed by atoms with Crippen molar-refractivity contribution in [2.24, 2.45) is 5.41 Å². The summed E-state index contributed by atoms with van der Waals surface area (Å²) in [5.41, 5.74) is 1.93. The fourth-order valence-corrected chi connectivity index (χ4v) is 4.90. The number of anilines is 1. The maximum absolute atomic E-state index is 13.0. The average molecular weight is 537 g/mol. The first-order valence-electron chi connectivity index (χ1n) is 11.8. The molecule has 0 spiro atoms. The SMILES string of the molecule is COC(=O)C(Cc1ccc(N(CCCl)CCCl)cc1)NC(=O)CC(C)(C)C1=C(C)C(=O)C(C)=CC1=O. The number of hydrogen-bond donors (Lipinski definition) is 1. The second-order valence-corrected chi connectivity index (χ2v) is 10.2. The number of carbonyl (C=O) groups excluding carboxylic acids is 4. The van der Waals surface area contributed by atoms with Crippen LogP contribution in [0.5, 0.6) is 0 Å². The second kappa shape index (κ2) is 13.1. The molecule has 0 aliphatic heterocycles. The maximum Gasteiger partial charge on any atom is 0.328 e. The summed E-state index contributed by atoms with van der Waals surface area (Å²) < 4.78 is 4.91. The molecule has 1 atom stereocenters. The molecule has 0 saturated heterocycles. The molecule has 1 aromatic rings. The van der Waals surface area contributed by atoms with Gasteiger partial charge in [-0.3, -0.25) is 14.4 Å². The quantitative estimate of drug-likeness (QED) is 0.246. The number of allylic oxidation sites excluding steroid dienone is 4. The maximum atomic E-state index is 13.0. The van der Waals surface area contributed by atoms with Gasteiger partial charge < -0.3 is 15.0 Å². The molecule has 9 heteroatoms. The number of Topliss-reactive ketones (excluding diaryl/α,β-unsaturated/α-hetero) is 1. The van der Waals surface area contributed by atoms with Crippen LogP contribution in [-0.4, -0.2) is 61.4 Å². The van der Waals surface area contributed by atoms with E-state index < -0.39 is 23.3 Å². The van der Waals surface area contributed by atoms with Crippen LogP contribution in [0.25, 0.3) is 0 Å². The van der Waals surface area contributed by atoms with E-state index >= 15 is 0 Å². The standard InChI is InChI=1S/C27H34Cl2N2O5/c1-17-14-22(32)24(18(2)25(17)34)27(3,4)16-23(33)30-21(26(35)36-5)15-19-6-8-20(9-7-19)31(12-10-28)13-11-29/h6-9,14,21H,10-13,15-16H2,1-5H3,(H,30,33). The van der Waals surface area contributed by atoms with Crippen LogP contribution in [0.15, 0.2) is 47.1 Å². The van der Waals surface area contributed by atoms with E-state index in [0.29, 0.717) is 41.6 Å². The molecule has 1 amide bonds. The van der Waals surface area contributed by atoms with E-state index in [2.05, 4.69) is 10.2 Å². The zero-order chi connectivity index (χ0) is 27.0. The largest absolute Gasteiger partial charge is 0.467 e. The predicted octanol–water partition coefficient (Wildman–Crippen LogP) is 4.00. The minimum absolute atomic E-state index is 0.0795. The molecule has 0 fully saturated rings. The molecule has 196 valence electrons. The van der Waals surface area contributed by atoms with E-state index in [1.165, 1.54) is 13.2 Å². The smallest absolute Gasteiger partial charge is 0.328 e. The highest BCUT2D eigenvalue weighted by Crippen LogP contribution is 2.36. The first-order chi connectivity index (χ1) is 16.9. The molecule has 1 aliphatic carbocycles. The summed E-state index contributed by atoms with van der Waals surface area (Å²) in [4.78, 5) is 52.6. The van der Waals surface area contributed by atoms with Crippen molar-refractivity contribution in [3.8, 4) is 0 Å². The van der Waals surface area contributed by atoms with Crippen LogP contribution in [0.4, 0.5) is 5.69 Å². The highest BCUT2D eigenvalue weighted by molar-refractivity contribution is 6.22. The summed E-state index contributed by atoms with van der Waals surface area (Å²) in [6.07, 6.45) is 1.46. The van der Waals surface area contributed by atoms with Crippen LogP contribution < -0.4 is 10.2 Å². The van der Waals surface area contributed by atoms with Crippen LogP contribution in [0.2, 0.25) is 0 Å². The Balaban J connectivity index is 2.15. The third-order valence-electron chi connectivity index (χ3n) is 6.22. The summed E-state index contributed by atoms with van der Waals surface area (Å²) in [5.74, 6) is -0.535. The summed E-state index contributed by atoms with van der Waals surface area (Å²) in [5, 5.41) is 2.75. The van der Waals surface area contributed by atoms with Gasteiger partial charge in [-0.2, -0.15) is 0 Å². The van der Waals surface area contributed by atoms with Crippen LogP contribution in [0.3, 0.4) is 0 Å². The Kier molecular flexibility index (Phi) is 10.7. The van der Waals surface area contributed by atoms with Gasteiger partial charge in [0.25, 0.3) is 0 Å². The Labute approximate surface area is 222 Å². The third kappa shape index (κ3) is 7.43. The molecule has 0 heterocycles. The van der Waals surface area contributed by atoms with E-state index in [1.54, 1.807) is 27.7 Å². The number of methoxy groups -OCH3 is 1. The van der Waals surface area contributed by atoms with E-state index in [1.807, 2.05) is 24.3 Å². The van der Waals surface area contributed by atoms with E-state index in [9.17, 15) is 19.2 Å². The average Bonchev–Trinajstić information content (AvgIpc) is 2.81. The van der Waals surface area contributed by atoms with E-state index in [0.717, 1.165) is 11.3 Å². The molecule has 1 unspecified atom stereocenters. The van der Waals surface area contributed by atoms with E-state index in [4.69, 9.17) is 27.9 Å². The van der Waals surface area contributed by atoms with Crippen molar-refractivity contribution in [1.29, 1.82) is 0 Å². The van der Waals surface area contributed by atoms with Crippen molar-refractivity contribution in [3.63, 3.8) is 0 Å². The molecule has 0 bridgehead atoms. The number of hydrogen-bond acceptors (Lipinski definition) is 6. The molecule has 7 nitrogen and oxygen atoms in total. The molecule has 1 aromatic carbocycles. The molecular formula is C27H34Cl2N2O5. The Bertz CT molecular complexity index is 1050. The number of benzene rings is 1. The summed E-state index contributed by atoms with van der Waals surface area (Å²) in [7, 11) is 1.26. The number of ketones is 2. The molecule has 0 aromatic heterocycles. The van der Waals surface area contributed by atoms with Crippen molar-refractivity contribution in [2.75, 3.05) is 36.9 Å². The van der Waals surface area contributed by atoms with Crippen molar-refractivity contribution in [3.05, 3.63) is 52.6 Å². The molecule has 1 N–H and O–H groups in total. The van der Waals surface area contributed by atoms with Crippen LogP contribution >= 0.6 is 23.2 Å². The second-order valence-electron chi connectivity index (χ2n) is 9.46. The number of amides is 1. The molecule has 1 aliphatic rings. The zero-order valence-corrected chi connectivity index (χ0v) is 23.0. The van der Waals surface area contributed by atoms with Gasteiger partial charge in [0.05, 0.1) is 7.11 Å². The molecule has 0 saturated carbocycles. The first kappa shape index (κ1) is 29.6. The van der Waals surface area contributed by atoms with Gasteiger partial charge in [-0.05, 0) is 37.6 Å². The first-order valence-corrected chi connectivity index (χ1v) is 12.8. The fourth-order valence-electron chi connectivity index (χ4n) is 4.49. The molecular weight excluding hydrogens is 503 g/mol. The highest BCUT2D eigenvalue weighted by Gasteiger charge is 2.36. The van der Waals surface area contributed by atoms with Gasteiger partial charge in [-0.25, -0.2) is 4.79 Å². The summed E-state index contributed by atoms with van der Waals surface area (Å²) in [6.45, 7) is 8.00.